The van der Waals surface area contributed by atoms with E-state index in [1.165, 1.54) is 25.8 Å². The lowest BCUT2D eigenvalue weighted by Gasteiger charge is -2.34. The zero-order chi connectivity index (χ0) is 13.3. The topological polar surface area (TPSA) is 44.3 Å². The highest BCUT2D eigenvalue weighted by Crippen LogP contribution is 2.10. The Hall–Kier alpha value is -1.20. The van der Waals surface area contributed by atoms with Crippen LogP contribution in [0.25, 0.3) is 0 Å². The van der Waals surface area contributed by atoms with Gasteiger partial charge in [-0.2, -0.15) is 0 Å². The van der Waals surface area contributed by atoms with E-state index < -0.39 is 0 Å². The van der Waals surface area contributed by atoms with Crippen LogP contribution in [0.15, 0.2) is 18.5 Å². The minimum absolute atomic E-state index is 0.871. The number of hydrogen-bond donors (Lipinski definition) is 1. The molecule has 1 aromatic heterocycles. The van der Waals surface area contributed by atoms with Crippen LogP contribution in [0.4, 0.5) is 5.95 Å². The molecule has 0 unspecified atom stereocenters. The van der Waals surface area contributed by atoms with Gasteiger partial charge in [0.05, 0.1) is 0 Å². The second kappa shape index (κ2) is 8.07. The molecule has 0 radical (unpaired) electrons. The lowest BCUT2D eigenvalue weighted by Crippen LogP contribution is -2.47. The Kier molecular flexibility index (Phi) is 6.04. The summed E-state index contributed by atoms with van der Waals surface area (Å²) in [6.07, 6.45) is 7.55. The van der Waals surface area contributed by atoms with Gasteiger partial charge in [0.15, 0.2) is 0 Å². The Morgan fingerprint density at radius 2 is 1.79 bits per heavy atom. The molecule has 0 bridgehead atoms. The molecule has 0 spiro atoms. The lowest BCUT2D eigenvalue weighted by atomic mass is 10.2. The van der Waals surface area contributed by atoms with E-state index in [2.05, 4.69) is 25.1 Å². The maximum atomic E-state index is 4.31. The molecule has 0 saturated carbocycles. The summed E-state index contributed by atoms with van der Waals surface area (Å²) >= 11 is 0. The summed E-state index contributed by atoms with van der Waals surface area (Å²) in [7, 11) is 2.02. The maximum absolute atomic E-state index is 4.31. The fourth-order valence-corrected chi connectivity index (χ4v) is 2.44. The molecule has 0 aliphatic carbocycles. The third-order valence-electron chi connectivity index (χ3n) is 3.61. The number of piperazine rings is 1. The Bertz CT molecular complexity index is 335. The third kappa shape index (κ3) is 4.76. The molecule has 1 N–H and O–H groups in total. The zero-order valence-corrected chi connectivity index (χ0v) is 11.9. The number of anilines is 1. The first kappa shape index (κ1) is 14.2. The molecule has 0 amide bonds. The molecule has 1 saturated heterocycles. The average Bonchev–Trinajstić information content (AvgIpc) is 2.49. The number of rotatable bonds is 7. The first-order chi connectivity index (χ1) is 9.40. The van der Waals surface area contributed by atoms with Crippen LogP contribution in [-0.2, 0) is 0 Å². The van der Waals surface area contributed by atoms with Gasteiger partial charge in [-0.25, -0.2) is 9.97 Å². The van der Waals surface area contributed by atoms with E-state index in [0.29, 0.717) is 0 Å². The van der Waals surface area contributed by atoms with Gasteiger partial charge in [-0.15, -0.1) is 0 Å². The van der Waals surface area contributed by atoms with Crippen molar-refractivity contribution in [2.75, 3.05) is 51.2 Å². The molecule has 19 heavy (non-hydrogen) atoms. The number of nitrogens with zero attached hydrogens (tertiary/aromatic N) is 4. The van der Waals surface area contributed by atoms with Crippen molar-refractivity contribution in [2.24, 2.45) is 0 Å². The van der Waals surface area contributed by atoms with Gasteiger partial charge in [0, 0.05) is 38.6 Å². The molecule has 1 aliphatic rings. The summed E-state index contributed by atoms with van der Waals surface area (Å²) in [5, 5.41) is 3.20. The van der Waals surface area contributed by atoms with Crippen LogP contribution < -0.4 is 10.2 Å². The van der Waals surface area contributed by atoms with Crippen molar-refractivity contribution in [3.05, 3.63) is 18.5 Å². The standard InChI is InChI=1S/C14H25N5/c1-15-6-3-2-4-9-18-10-12-19(13-11-18)14-16-7-5-8-17-14/h5,7-8,15H,2-4,6,9-13H2,1H3. The Morgan fingerprint density at radius 1 is 1.05 bits per heavy atom. The highest BCUT2D eigenvalue weighted by Gasteiger charge is 2.17. The molecule has 1 fully saturated rings. The smallest absolute Gasteiger partial charge is 0.225 e. The fraction of sp³-hybridized carbons (Fsp3) is 0.714. The highest BCUT2D eigenvalue weighted by atomic mass is 15.3. The molecule has 0 atom stereocenters. The van der Waals surface area contributed by atoms with Crippen LogP contribution >= 0.6 is 0 Å². The minimum atomic E-state index is 0.871. The average molecular weight is 263 g/mol. The van der Waals surface area contributed by atoms with Gasteiger partial charge >= 0.3 is 0 Å². The van der Waals surface area contributed by atoms with E-state index in [-0.39, 0.29) is 0 Å². The summed E-state index contributed by atoms with van der Waals surface area (Å²) < 4.78 is 0. The van der Waals surface area contributed by atoms with Crippen molar-refractivity contribution in [2.45, 2.75) is 19.3 Å². The van der Waals surface area contributed by atoms with E-state index >= 15 is 0 Å². The van der Waals surface area contributed by atoms with Crippen LogP contribution in [0.1, 0.15) is 19.3 Å². The SMILES string of the molecule is CNCCCCCN1CCN(c2ncccn2)CC1. The third-order valence-corrected chi connectivity index (χ3v) is 3.61. The largest absolute Gasteiger partial charge is 0.338 e. The van der Waals surface area contributed by atoms with Gasteiger partial charge in [0.2, 0.25) is 5.95 Å². The number of unbranched alkanes of at least 4 members (excludes halogenated alkanes) is 2. The summed E-state index contributed by atoms with van der Waals surface area (Å²) in [6.45, 7) is 6.71. The van der Waals surface area contributed by atoms with Crippen LogP contribution in [0, 0.1) is 0 Å². The van der Waals surface area contributed by atoms with Crippen LogP contribution in [0.5, 0.6) is 0 Å². The first-order valence-electron chi connectivity index (χ1n) is 7.29. The maximum Gasteiger partial charge on any atom is 0.225 e. The quantitative estimate of drug-likeness (QED) is 0.743. The van der Waals surface area contributed by atoms with Crippen molar-refractivity contribution < 1.29 is 0 Å². The molecular weight excluding hydrogens is 238 g/mol. The van der Waals surface area contributed by atoms with E-state index in [1.807, 2.05) is 25.5 Å². The number of aromatic nitrogens is 2. The number of hydrogen-bond acceptors (Lipinski definition) is 5. The van der Waals surface area contributed by atoms with Crippen LogP contribution in [0.3, 0.4) is 0 Å². The van der Waals surface area contributed by atoms with Gasteiger partial charge in [-0.1, -0.05) is 6.42 Å². The van der Waals surface area contributed by atoms with Gasteiger partial charge in [-0.05, 0) is 39.0 Å². The Morgan fingerprint density at radius 3 is 2.47 bits per heavy atom. The lowest BCUT2D eigenvalue weighted by molar-refractivity contribution is 0.251. The molecule has 1 aliphatic heterocycles. The molecular formula is C14H25N5. The van der Waals surface area contributed by atoms with Crippen molar-refractivity contribution in [3.8, 4) is 0 Å². The van der Waals surface area contributed by atoms with Crippen molar-refractivity contribution in [3.63, 3.8) is 0 Å². The molecule has 1 aromatic rings. The molecule has 2 rings (SSSR count). The summed E-state index contributed by atoms with van der Waals surface area (Å²) in [6, 6.07) is 1.87. The predicted molar refractivity (Wildman–Crippen MR) is 78.5 cm³/mol. The van der Waals surface area contributed by atoms with E-state index in [4.69, 9.17) is 0 Å². The molecule has 5 nitrogen and oxygen atoms in total. The van der Waals surface area contributed by atoms with Gasteiger partial charge in [0.1, 0.15) is 0 Å². The highest BCUT2D eigenvalue weighted by molar-refractivity contribution is 5.29. The Balaban J connectivity index is 1.63. The van der Waals surface area contributed by atoms with E-state index in [0.717, 1.165) is 38.7 Å². The monoisotopic (exact) mass is 263 g/mol. The molecule has 0 aromatic carbocycles. The van der Waals surface area contributed by atoms with Gasteiger partial charge in [-0.3, -0.25) is 4.90 Å². The van der Waals surface area contributed by atoms with Crippen molar-refractivity contribution in [1.82, 2.24) is 20.2 Å². The number of nitrogens with one attached hydrogen (secondary N) is 1. The summed E-state index contributed by atoms with van der Waals surface area (Å²) in [5.41, 5.74) is 0. The normalized spacial score (nSPS) is 16.8. The van der Waals surface area contributed by atoms with E-state index in [9.17, 15) is 0 Å². The first-order valence-corrected chi connectivity index (χ1v) is 7.29. The molecule has 106 valence electrons. The Labute approximate surface area is 116 Å². The van der Waals surface area contributed by atoms with Crippen molar-refractivity contribution in [1.29, 1.82) is 0 Å². The fourth-order valence-electron chi connectivity index (χ4n) is 2.44. The van der Waals surface area contributed by atoms with Gasteiger partial charge < -0.3 is 10.2 Å². The van der Waals surface area contributed by atoms with Crippen LogP contribution in [-0.4, -0.2) is 61.2 Å². The van der Waals surface area contributed by atoms with E-state index in [1.54, 1.807) is 0 Å². The van der Waals surface area contributed by atoms with Crippen molar-refractivity contribution >= 4 is 5.95 Å². The second-order valence-electron chi connectivity index (χ2n) is 5.04. The molecule has 5 heteroatoms. The van der Waals surface area contributed by atoms with Gasteiger partial charge in [0.25, 0.3) is 0 Å². The van der Waals surface area contributed by atoms with Crippen LogP contribution in [0.2, 0.25) is 0 Å². The minimum Gasteiger partial charge on any atom is -0.338 e. The second-order valence-corrected chi connectivity index (χ2v) is 5.04. The molecule has 2 heterocycles. The summed E-state index contributed by atoms with van der Waals surface area (Å²) in [5.74, 6) is 0.871. The summed E-state index contributed by atoms with van der Waals surface area (Å²) in [4.78, 5) is 13.5. The zero-order valence-electron chi connectivity index (χ0n) is 11.9. The predicted octanol–water partition coefficient (Wildman–Crippen LogP) is 0.988.